The molecule has 3 nitrogen and oxygen atoms in total. The third kappa shape index (κ3) is 5.68. The third-order valence-corrected chi connectivity index (χ3v) is 4.40. The van der Waals surface area contributed by atoms with Crippen molar-refractivity contribution in [2.45, 2.75) is 83.5 Å². The summed E-state index contributed by atoms with van der Waals surface area (Å²) in [7, 11) is 0. The lowest BCUT2D eigenvalue weighted by Gasteiger charge is -2.30. The molecule has 0 saturated heterocycles. The van der Waals surface area contributed by atoms with Crippen LogP contribution in [0.4, 0.5) is 0 Å². The van der Waals surface area contributed by atoms with Crippen molar-refractivity contribution >= 4 is 0 Å². The molecular formula is C15H31NO2. The summed E-state index contributed by atoms with van der Waals surface area (Å²) < 4.78 is 5.79. The molecule has 3 heteroatoms. The molecule has 0 aromatic carbocycles. The summed E-state index contributed by atoms with van der Waals surface area (Å²) in [6.07, 6.45) is 8.41. The van der Waals surface area contributed by atoms with Crippen LogP contribution in [0.1, 0.15) is 65.7 Å². The van der Waals surface area contributed by atoms with E-state index in [1.165, 1.54) is 32.1 Å². The highest BCUT2D eigenvalue weighted by molar-refractivity contribution is 4.81. The standard InChI is InChI=1S/C15H31NO2/c1-4-15(3,5-2)16-11-13(17)12-18-14-9-7-6-8-10-14/h13-14,16-17H,4-12H2,1-3H3. The van der Waals surface area contributed by atoms with Gasteiger partial charge in [0, 0.05) is 12.1 Å². The van der Waals surface area contributed by atoms with Crippen LogP contribution in [0.5, 0.6) is 0 Å². The molecule has 0 heterocycles. The van der Waals surface area contributed by atoms with Gasteiger partial charge in [-0.1, -0.05) is 33.1 Å². The van der Waals surface area contributed by atoms with Crippen molar-refractivity contribution in [3.05, 3.63) is 0 Å². The van der Waals surface area contributed by atoms with Crippen LogP contribution in [0.25, 0.3) is 0 Å². The van der Waals surface area contributed by atoms with E-state index in [0.29, 0.717) is 19.3 Å². The van der Waals surface area contributed by atoms with Crippen molar-refractivity contribution in [2.75, 3.05) is 13.2 Å². The van der Waals surface area contributed by atoms with Gasteiger partial charge < -0.3 is 15.2 Å². The Bertz CT molecular complexity index is 211. The second-order valence-electron chi connectivity index (χ2n) is 5.90. The zero-order valence-corrected chi connectivity index (χ0v) is 12.4. The van der Waals surface area contributed by atoms with Gasteiger partial charge in [0.15, 0.2) is 0 Å². The van der Waals surface area contributed by atoms with E-state index in [1.807, 2.05) is 0 Å². The van der Waals surface area contributed by atoms with E-state index in [2.05, 4.69) is 26.1 Å². The molecular weight excluding hydrogens is 226 g/mol. The van der Waals surface area contributed by atoms with E-state index in [-0.39, 0.29) is 11.6 Å². The molecule has 1 unspecified atom stereocenters. The largest absolute Gasteiger partial charge is 0.389 e. The maximum Gasteiger partial charge on any atom is 0.0898 e. The Labute approximate surface area is 112 Å². The van der Waals surface area contributed by atoms with Crippen LogP contribution >= 0.6 is 0 Å². The quantitative estimate of drug-likeness (QED) is 0.702. The van der Waals surface area contributed by atoms with Crippen LogP contribution < -0.4 is 5.32 Å². The monoisotopic (exact) mass is 257 g/mol. The first-order valence-electron chi connectivity index (χ1n) is 7.64. The van der Waals surface area contributed by atoms with E-state index in [4.69, 9.17) is 4.74 Å². The lowest BCUT2D eigenvalue weighted by Crippen LogP contribution is -2.46. The summed E-state index contributed by atoms with van der Waals surface area (Å²) >= 11 is 0. The van der Waals surface area contributed by atoms with Crippen LogP contribution in [0.2, 0.25) is 0 Å². The first-order valence-corrected chi connectivity index (χ1v) is 7.64. The Morgan fingerprint density at radius 1 is 1.22 bits per heavy atom. The highest BCUT2D eigenvalue weighted by Gasteiger charge is 2.20. The SMILES string of the molecule is CCC(C)(CC)NCC(O)COC1CCCCC1. The predicted octanol–water partition coefficient (Wildman–Crippen LogP) is 2.86. The molecule has 0 spiro atoms. The molecule has 1 saturated carbocycles. The first-order chi connectivity index (χ1) is 8.59. The lowest BCUT2D eigenvalue weighted by molar-refractivity contribution is -0.0248. The fraction of sp³-hybridized carbons (Fsp3) is 1.00. The Morgan fingerprint density at radius 2 is 1.83 bits per heavy atom. The van der Waals surface area contributed by atoms with Gasteiger partial charge >= 0.3 is 0 Å². The van der Waals surface area contributed by atoms with Crippen molar-refractivity contribution in [3.63, 3.8) is 0 Å². The number of aliphatic hydroxyl groups is 1. The van der Waals surface area contributed by atoms with E-state index in [1.54, 1.807) is 0 Å². The topological polar surface area (TPSA) is 41.5 Å². The Kier molecular flexibility index (Phi) is 7.20. The molecule has 18 heavy (non-hydrogen) atoms. The first kappa shape index (κ1) is 15.9. The summed E-state index contributed by atoms with van der Waals surface area (Å²) in [5, 5.41) is 13.4. The van der Waals surface area contributed by atoms with Crippen molar-refractivity contribution < 1.29 is 9.84 Å². The molecule has 2 N–H and O–H groups in total. The smallest absolute Gasteiger partial charge is 0.0898 e. The second kappa shape index (κ2) is 8.13. The molecule has 1 aliphatic carbocycles. The van der Waals surface area contributed by atoms with Gasteiger partial charge in [-0.3, -0.25) is 0 Å². The highest BCUT2D eigenvalue weighted by atomic mass is 16.5. The van der Waals surface area contributed by atoms with Gasteiger partial charge in [0.1, 0.15) is 0 Å². The molecule has 0 amide bonds. The number of hydrogen-bond donors (Lipinski definition) is 2. The number of β-amino-alcohol motifs (C(OH)–C–C–N with tert-alkyl or cyclic N) is 1. The Morgan fingerprint density at radius 3 is 2.39 bits per heavy atom. The predicted molar refractivity (Wildman–Crippen MR) is 75.8 cm³/mol. The van der Waals surface area contributed by atoms with Gasteiger partial charge in [0.25, 0.3) is 0 Å². The number of hydrogen-bond acceptors (Lipinski definition) is 3. The lowest BCUT2D eigenvalue weighted by atomic mass is 9.95. The normalized spacial score (nSPS) is 20.0. The van der Waals surface area contributed by atoms with E-state index in [9.17, 15) is 5.11 Å². The minimum Gasteiger partial charge on any atom is -0.389 e. The van der Waals surface area contributed by atoms with Crippen LogP contribution in [0, 0.1) is 0 Å². The molecule has 0 aromatic heterocycles. The average Bonchev–Trinajstić information content (AvgIpc) is 2.43. The van der Waals surface area contributed by atoms with Crippen molar-refractivity contribution in [1.82, 2.24) is 5.32 Å². The highest BCUT2D eigenvalue weighted by Crippen LogP contribution is 2.20. The molecule has 0 radical (unpaired) electrons. The maximum absolute atomic E-state index is 9.95. The second-order valence-corrected chi connectivity index (χ2v) is 5.90. The van der Waals surface area contributed by atoms with E-state index < -0.39 is 0 Å². The van der Waals surface area contributed by atoms with Crippen LogP contribution in [-0.4, -0.2) is 36.0 Å². The van der Waals surface area contributed by atoms with E-state index >= 15 is 0 Å². The number of ether oxygens (including phenoxy) is 1. The molecule has 1 fully saturated rings. The zero-order chi connectivity index (χ0) is 13.4. The van der Waals surface area contributed by atoms with Crippen molar-refractivity contribution in [3.8, 4) is 0 Å². The summed E-state index contributed by atoms with van der Waals surface area (Å²) in [6.45, 7) is 7.68. The third-order valence-electron chi connectivity index (χ3n) is 4.40. The fourth-order valence-electron chi connectivity index (χ4n) is 2.40. The Balaban J connectivity index is 2.14. The van der Waals surface area contributed by atoms with Gasteiger partial charge in [-0.2, -0.15) is 0 Å². The van der Waals surface area contributed by atoms with E-state index in [0.717, 1.165) is 12.8 Å². The molecule has 0 bridgehead atoms. The van der Waals surface area contributed by atoms with Crippen molar-refractivity contribution in [2.24, 2.45) is 0 Å². The minimum atomic E-state index is -0.385. The molecule has 108 valence electrons. The van der Waals surface area contributed by atoms with Crippen LogP contribution in [0.15, 0.2) is 0 Å². The summed E-state index contributed by atoms with van der Waals surface area (Å²) in [5.41, 5.74) is 0.145. The minimum absolute atomic E-state index is 0.145. The number of rotatable bonds is 8. The van der Waals surface area contributed by atoms with Gasteiger partial charge in [-0.05, 0) is 32.6 Å². The molecule has 1 rings (SSSR count). The molecule has 1 atom stereocenters. The fourth-order valence-corrected chi connectivity index (χ4v) is 2.40. The average molecular weight is 257 g/mol. The zero-order valence-electron chi connectivity index (χ0n) is 12.4. The summed E-state index contributed by atoms with van der Waals surface area (Å²) in [4.78, 5) is 0. The number of aliphatic hydroxyl groups excluding tert-OH is 1. The molecule has 1 aliphatic rings. The van der Waals surface area contributed by atoms with Crippen LogP contribution in [-0.2, 0) is 4.74 Å². The molecule has 0 aliphatic heterocycles. The molecule has 0 aromatic rings. The Hall–Kier alpha value is -0.120. The number of nitrogens with one attached hydrogen (secondary N) is 1. The van der Waals surface area contributed by atoms with Gasteiger partial charge in [-0.15, -0.1) is 0 Å². The van der Waals surface area contributed by atoms with Gasteiger partial charge in [-0.25, -0.2) is 0 Å². The van der Waals surface area contributed by atoms with Gasteiger partial charge in [0.05, 0.1) is 18.8 Å². The van der Waals surface area contributed by atoms with Crippen LogP contribution in [0.3, 0.4) is 0 Å². The maximum atomic E-state index is 9.95. The summed E-state index contributed by atoms with van der Waals surface area (Å²) in [6, 6.07) is 0. The van der Waals surface area contributed by atoms with Gasteiger partial charge in [0.2, 0.25) is 0 Å². The van der Waals surface area contributed by atoms with Crippen molar-refractivity contribution in [1.29, 1.82) is 0 Å². The summed E-state index contributed by atoms with van der Waals surface area (Å²) in [5.74, 6) is 0.